The van der Waals surface area contributed by atoms with E-state index in [-0.39, 0.29) is 11.1 Å². The van der Waals surface area contributed by atoms with E-state index in [1.807, 2.05) is 30.5 Å². The minimum Gasteiger partial charge on any atom is -0.361 e. The van der Waals surface area contributed by atoms with Crippen molar-refractivity contribution in [2.45, 2.75) is 19.8 Å². The first-order chi connectivity index (χ1) is 12.7. The van der Waals surface area contributed by atoms with Crippen molar-refractivity contribution in [1.29, 1.82) is 0 Å². The molecule has 5 heteroatoms. The van der Waals surface area contributed by atoms with Gasteiger partial charge in [0.2, 0.25) is 0 Å². The van der Waals surface area contributed by atoms with E-state index in [4.69, 9.17) is 0 Å². The zero-order valence-electron chi connectivity index (χ0n) is 14.3. The molecule has 0 spiro atoms. The molecule has 0 atom stereocenters. The maximum atomic E-state index is 12.3. The van der Waals surface area contributed by atoms with Gasteiger partial charge in [0.05, 0.1) is 4.91 Å². The fraction of sp³-hybridized carbons (Fsp3) is 0.143. The number of aromatic amines is 1. The molecule has 0 aliphatic carbocycles. The molecule has 1 aliphatic heterocycles. The predicted molar refractivity (Wildman–Crippen MR) is 106 cm³/mol. The van der Waals surface area contributed by atoms with Crippen LogP contribution in [-0.4, -0.2) is 16.1 Å². The molecule has 3 aromatic rings. The summed E-state index contributed by atoms with van der Waals surface area (Å²) in [6, 6.07) is 16.4. The summed E-state index contributed by atoms with van der Waals surface area (Å²) >= 11 is 0.985. The third-order valence-corrected chi connectivity index (χ3v) is 5.55. The van der Waals surface area contributed by atoms with E-state index in [0.717, 1.165) is 45.8 Å². The molecule has 130 valence electrons. The topological polar surface area (TPSA) is 62.0 Å². The second-order valence-electron chi connectivity index (χ2n) is 6.24. The van der Waals surface area contributed by atoms with Crippen LogP contribution in [0.2, 0.25) is 0 Å². The summed E-state index contributed by atoms with van der Waals surface area (Å²) in [5, 5.41) is 3.12. The van der Waals surface area contributed by atoms with Crippen molar-refractivity contribution in [3.05, 3.63) is 76.3 Å². The van der Waals surface area contributed by atoms with Crippen molar-refractivity contribution in [3.63, 3.8) is 0 Å². The van der Waals surface area contributed by atoms with E-state index >= 15 is 0 Å². The first-order valence-corrected chi connectivity index (χ1v) is 9.38. The largest absolute Gasteiger partial charge is 0.361 e. The van der Waals surface area contributed by atoms with E-state index in [2.05, 4.69) is 41.5 Å². The van der Waals surface area contributed by atoms with Gasteiger partial charge in [-0.15, -0.1) is 0 Å². The summed E-state index contributed by atoms with van der Waals surface area (Å²) in [6.07, 6.45) is 3.47. The first kappa shape index (κ1) is 16.7. The average molecular weight is 362 g/mol. The fourth-order valence-corrected chi connectivity index (χ4v) is 4.03. The van der Waals surface area contributed by atoms with E-state index in [1.54, 1.807) is 0 Å². The second-order valence-corrected chi connectivity index (χ2v) is 7.23. The minimum atomic E-state index is -0.315. The number of carbonyl (C=O) groups excluding carboxylic acids is 2. The first-order valence-electron chi connectivity index (χ1n) is 8.56. The molecule has 2 aromatic carbocycles. The van der Waals surface area contributed by atoms with Gasteiger partial charge in [-0.25, -0.2) is 0 Å². The highest BCUT2D eigenvalue weighted by molar-refractivity contribution is 8.18. The Morgan fingerprint density at radius 1 is 1.00 bits per heavy atom. The molecule has 0 bridgehead atoms. The highest BCUT2D eigenvalue weighted by atomic mass is 32.2. The lowest BCUT2D eigenvalue weighted by Gasteiger charge is -2.12. The van der Waals surface area contributed by atoms with Crippen molar-refractivity contribution in [2.24, 2.45) is 0 Å². The Hall–Kier alpha value is -2.79. The summed E-state index contributed by atoms with van der Waals surface area (Å²) in [6.45, 7) is 2.13. The summed E-state index contributed by atoms with van der Waals surface area (Å²) in [4.78, 5) is 27.8. The summed E-state index contributed by atoms with van der Waals surface area (Å²) in [5.41, 5.74) is 5.27. The molecular weight excluding hydrogens is 344 g/mol. The zero-order valence-corrected chi connectivity index (χ0v) is 15.2. The highest BCUT2D eigenvalue weighted by Gasteiger charge is 2.29. The lowest BCUT2D eigenvalue weighted by atomic mass is 9.94. The van der Waals surface area contributed by atoms with E-state index in [0.29, 0.717) is 11.3 Å². The number of imide groups is 1. The number of aryl methyl sites for hydroxylation is 1. The summed E-state index contributed by atoms with van der Waals surface area (Å²) in [7, 11) is 0. The standard InChI is InChI=1S/C21H18N2O2S/c1-2-13-6-8-14(9-7-13)12-17(19-20(24)23-21(25)26-19)15-4-3-5-18-16(15)10-11-22-18/h3-11,22H,2,12H2,1H3,(H,23,24,25). The summed E-state index contributed by atoms with van der Waals surface area (Å²) in [5.74, 6) is -0.312. The van der Waals surface area contributed by atoms with Crippen molar-refractivity contribution < 1.29 is 9.59 Å². The van der Waals surface area contributed by atoms with Crippen LogP contribution in [0.5, 0.6) is 0 Å². The number of allylic oxidation sites excluding steroid dienone is 1. The lowest BCUT2D eigenvalue weighted by Crippen LogP contribution is -2.18. The number of fused-ring (bicyclic) bond motifs is 1. The number of rotatable bonds is 4. The van der Waals surface area contributed by atoms with Gasteiger partial charge in [0.15, 0.2) is 0 Å². The van der Waals surface area contributed by atoms with Crippen LogP contribution in [0.1, 0.15) is 23.6 Å². The number of benzene rings is 2. The van der Waals surface area contributed by atoms with Crippen molar-refractivity contribution in [1.82, 2.24) is 10.3 Å². The quantitative estimate of drug-likeness (QED) is 0.663. The molecule has 4 nitrogen and oxygen atoms in total. The van der Waals surface area contributed by atoms with Gasteiger partial charge >= 0.3 is 0 Å². The summed E-state index contributed by atoms with van der Waals surface area (Å²) < 4.78 is 0. The molecule has 2 amide bonds. The Morgan fingerprint density at radius 2 is 1.77 bits per heavy atom. The molecule has 0 saturated carbocycles. The van der Waals surface area contributed by atoms with Crippen molar-refractivity contribution >= 4 is 39.4 Å². The molecule has 2 N–H and O–H groups in total. The Bertz CT molecular complexity index is 1030. The number of carbonyl (C=O) groups is 2. The number of hydrogen-bond acceptors (Lipinski definition) is 3. The third-order valence-electron chi connectivity index (χ3n) is 4.62. The average Bonchev–Trinajstić information content (AvgIpc) is 3.26. The molecule has 2 heterocycles. The predicted octanol–water partition coefficient (Wildman–Crippen LogP) is 4.67. The molecule has 1 fully saturated rings. The van der Waals surface area contributed by atoms with Gasteiger partial charge < -0.3 is 4.98 Å². The van der Waals surface area contributed by atoms with Crippen LogP contribution < -0.4 is 5.32 Å². The van der Waals surface area contributed by atoms with Gasteiger partial charge in [0.25, 0.3) is 11.1 Å². The molecule has 1 aromatic heterocycles. The van der Waals surface area contributed by atoms with Crippen LogP contribution in [-0.2, 0) is 17.6 Å². The Balaban J connectivity index is 1.85. The normalized spacial score (nSPS) is 16.2. The van der Waals surface area contributed by atoms with Gasteiger partial charge in [0.1, 0.15) is 0 Å². The van der Waals surface area contributed by atoms with Crippen LogP contribution in [0.4, 0.5) is 4.79 Å². The van der Waals surface area contributed by atoms with Crippen molar-refractivity contribution in [3.8, 4) is 0 Å². The third kappa shape index (κ3) is 3.06. The molecular formula is C21H18N2O2S. The number of nitrogens with one attached hydrogen (secondary N) is 2. The van der Waals surface area contributed by atoms with Gasteiger partial charge in [-0.1, -0.05) is 43.3 Å². The van der Waals surface area contributed by atoms with Crippen molar-refractivity contribution in [2.75, 3.05) is 0 Å². The van der Waals surface area contributed by atoms with Crippen LogP contribution >= 0.6 is 11.8 Å². The van der Waals surface area contributed by atoms with Crippen LogP contribution in [0.3, 0.4) is 0 Å². The van der Waals surface area contributed by atoms with Crippen LogP contribution in [0, 0.1) is 0 Å². The van der Waals surface area contributed by atoms with Gasteiger partial charge in [-0.3, -0.25) is 14.9 Å². The molecule has 0 unspecified atom stereocenters. The second kappa shape index (κ2) is 6.84. The maximum absolute atomic E-state index is 12.3. The SMILES string of the molecule is CCc1ccc(CC(=C2SC(=O)NC2=O)c2cccc3[nH]ccc23)cc1. The van der Waals surface area contributed by atoms with Crippen LogP contribution in [0.25, 0.3) is 16.5 Å². The van der Waals surface area contributed by atoms with E-state index < -0.39 is 0 Å². The molecule has 1 aliphatic rings. The maximum Gasteiger partial charge on any atom is 0.290 e. The Labute approximate surface area is 155 Å². The monoisotopic (exact) mass is 362 g/mol. The minimum absolute atomic E-state index is 0.312. The highest BCUT2D eigenvalue weighted by Crippen LogP contribution is 2.36. The Kier molecular flexibility index (Phi) is 4.39. The number of thioether (sulfide) groups is 1. The number of aromatic nitrogens is 1. The van der Waals surface area contributed by atoms with Crippen LogP contribution in [0.15, 0.2) is 59.6 Å². The number of hydrogen-bond donors (Lipinski definition) is 2. The van der Waals surface area contributed by atoms with E-state index in [9.17, 15) is 9.59 Å². The number of amides is 2. The van der Waals surface area contributed by atoms with Gasteiger partial charge in [0, 0.05) is 17.1 Å². The molecule has 1 saturated heterocycles. The van der Waals surface area contributed by atoms with Gasteiger partial charge in [-0.2, -0.15) is 0 Å². The zero-order chi connectivity index (χ0) is 18.1. The Morgan fingerprint density at radius 3 is 2.46 bits per heavy atom. The number of H-pyrrole nitrogens is 1. The van der Waals surface area contributed by atoms with E-state index in [1.165, 1.54) is 5.56 Å². The molecule has 26 heavy (non-hydrogen) atoms. The molecule has 0 radical (unpaired) electrons. The lowest BCUT2D eigenvalue weighted by molar-refractivity contribution is -0.115. The molecule has 4 rings (SSSR count). The smallest absolute Gasteiger partial charge is 0.290 e. The fourth-order valence-electron chi connectivity index (χ4n) is 3.26. The van der Waals surface area contributed by atoms with Gasteiger partial charge in [-0.05, 0) is 59.0 Å².